The van der Waals surface area contributed by atoms with E-state index in [-0.39, 0.29) is 0 Å². The molecule has 0 aromatic carbocycles. The van der Waals surface area contributed by atoms with Gasteiger partial charge in [0.2, 0.25) is 0 Å². The number of hydrogen-bond donors (Lipinski definition) is 0. The third kappa shape index (κ3) is 1.09. The molecule has 0 aliphatic carbocycles. The van der Waals surface area contributed by atoms with E-state index in [9.17, 15) is 0 Å². The monoisotopic (exact) mass is 166 g/mol. The van der Waals surface area contributed by atoms with Crippen LogP contribution in [0.25, 0.3) is 0 Å². The lowest BCUT2D eigenvalue weighted by Crippen LogP contribution is -2.30. The minimum Gasteiger partial charge on any atom is -0.320 e. The molecule has 0 aromatic heterocycles. The van der Waals surface area contributed by atoms with Crippen LogP contribution >= 0.6 is 11.8 Å². The van der Waals surface area contributed by atoms with Crippen molar-refractivity contribution in [1.29, 1.82) is 0 Å². The normalized spacial score (nSPS) is 28.2. The second-order valence-electron chi connectivity index (χ2n) is 2.75. The van der Waals surface area contributed by atoms with Crippen LogP contribution in [0.4, 0.5) is 0 Å². The minimum atomic E-state index is 0.466. The van der Waals surface area contributed by atoms with Gasteiger partial charge in [-0.3, -0.25) is 0 Å². The Bertz CT molecular complexity index is 265. The Morgan fingerprint density at radius 1 is 1.64 bits per heavy atom. The molecule has 0 aromatic rings. The maximum atomic E-state index is 4.40. The highest BCUT2D eigenvalue weighted by atomic mass is 32.2. The van der Waals surface area contributed by atoms with E-state index in [1.54, 1.807) is 11.8 Å². The Morgan fingerprint density at radius 3 is 3.27 bits per heavy atom. The Hall–Kier alpha value is -0.700. The average molecular weight is 166 g/mol. The molecule has 1 unspecified atom stereocenters. The number of fused-ring (bicyclic) bond motifs is 1. The van der Waals surface area contributed by atoms with Gasteiger partial charge in [0, 0.05) is 11.9 Å². The van der Waals surface area contributed by atoms with Crippen molar-refractivity contribution >= 4 is 16.9 Å². The lowest BCUT2D eigenvalue weighted by Gasteiger charge is -2.25. The van der Waals surface area contributed by atoms with Crippen LogP contribution in [0, 0.1) is 0 Å². The van der Waals surface area contributed by atoms with Crippen LogP contribution in [0.15, 0.2) is 28.4 Å². The van der Waals surface area contributed by atoms with E-state index < -0.39 is 0 Å². The fourth-order valence-electron chi connectivity index (χ4n) is 1.29. The molecule has 1 atom stereocenters. The summed E-state index contributed by atoms with van der Waals surface area (Å²) in [6.07, 6.45) is 4.25. The van der Waals surface area contributed by atoms with E-state index in [1.165, 1.54) is 0 Å². The van der Waals surface area contributed by atoms with Crippen LogP contribution in [0.5, 0.6) is 0 Å². The van der Waals surface area contributed by atoms with Gasteiger partial charge in [-0.2, -0.15) is 0 Å². The number of hydrogen-bond acceptors (Lipinski definition) is 3. The van der Waals surface area contributed by atoms with Crippen LogP contribution in [0.1, 0.15) is 13.8 Å². The van der Waals surface area contributed by atoms with Gasteiger partial charge in [0.1, 0.15) is 0 Å². The van der Waals surface area contributed by atoms with E-state index in [1.807, 2.05) is 6.92 Å². The van der Waals surface area contributed by atoms with Crippen LogP contribution in [0.3, 0.4) is 0 Å². The molecule has 2 aliphatic rings. The largest absolute Gasteiger partial charge is 0.320 e. The first kappa shape index (κ1) is 6.98. The van der Waals surface area contributed by atoms with Crippen LogP contribution < -0.4 is 0 Å². The van der Waals surface area contributed by atoms with E-state index >= 15 is 0 Å². The lowest BCUT2D eigenvalue weighted by atomic mass is 10.2. The van der Waals surface area contributed by atoms with Crippen molar-refractivity contribution < 1.29 is 0 Å². The molecule has 0 amide bonds. The second-order valence-corrected chi connectivity index (χ2v) is 3.63. The highest BCUT2D eigenvalue weighted by Gasteiger charge is 2.21. The van der Waals surface area contributed by atoms with E-state index in [4.69, 9.17) is 0 Å². The van der Waals surface area contributed by atoms with Gasteiger partial charge in [-0.25, -0.2) is 4.99 Å². The fraction of sp³-hybridized carbons (Fsp3) is 0.375. The number of amidine groups is 1. The predicted octanol–water partition coefficient (Wildman–Crippen LogP) is 2.17. The standard InChI is InChI=1S/C8H10N2S/c1-6-5-7(2)10-3-4-11-8(10)9-6/h3-5,7H,1-2H3. The van der Waals surface area contributed by atoms with Crippen molar-refractivity contribution in [3.63, 3.8) is 0 Å². The Labute approximate surface area is 70.7 Å². The number of nitrogens with zero attached hydrogens (tertiary/aromatic N) is 2. The molecule has 0 spiro atoms. The molecule has 0 fully saturated rings. The van der Waals surface area contributed by atoms with Crippen molar-refractivity contribution in [1.82, 2.24) is 4.90 Å². The number of aliphatic imine (C=N–C) groups is 1. The zero-order chi connectivity index (χ0) is 7.84. The lowest BCUT2D eigenvalue weighted by molar-refractivity contribution is 0.500. The van der Waals surface area contributed by atoms with Crippen LogP contribution in [-0.2, 0) is 0 Å². The van der Waals surface area contributed by atoms with Gasteiger partial charge in [0.15, 0.2) is 5.17 Å². The van der Waals surface area contributed by atoms with Crippen molar-refractivity contribution in [2.75, 3.05) is 0 Å². The summed E-state index contributed by atoms with van der Waals surface area (Å²) in [6.45, 7) is 4.22. The van der Waals surface area contributed by atoms with Crippen molar-refractivity contribution in [2.24, 2.45) is 4.99 Å². The van der Waals surface area contributed by atoms with Crippen molar-refractivity contribution in [2.45, 2.75) is 19.9 Å². The molecule has 0 bridgehead atoms. The van der Waals surface area contributed by atoms with Crippen LogP contribution in [0.2, 0.25) is 0 Å². The molecule has 2 aliphatic heterocycles. The Kier molecular flexibility index (Phi) is 1.53. The first-order chi connectivity index (χ1) is 5.27. The predicted molar refractivity (Wildman–Crippen MR) is 49.2 cm³/mol. The first-order valence-electron chi connectivity index (χ1n) is 3.66. The molecule has 2 rings (SSSR count). The topological polar surface area (TPSA) is 15.6 Å². The summed E-state index contributed by atoms with van der Waals surface area (Å²) in [5, 5.41) is 3.18. The van der Waals surface area contributed by atoms with E-state index in [2.05, 4.69) is 34.5 Å². The van der Waals surface area contributed by atoms with Crippen molar-refractivity contribution in [3.8, 4) is 0 Å². The molecule has 2 nitrogen and oxygen atoms in total. The van der Waals surface area contributed by atoms with Gasteiger partial charge in [-0.15, -0.1) is 0 Å². The van der Waals surface area contributed by atoms with Gasteiger partial charge in [0.05, 0.1) is 6.04 Å². The molecule has 0 radical (unpaired) electrons. The molecule has 11 heavy (non-hydrogen) atoms. The van der Waals surface area contributed by atoms with Gasteiger partial charge >= 0.3 is 0 Å². The Morgan fingerprint density at radius 2 is 2.45 bits per heavy atom. The number of thioether (sulfide) groups is 1. The highest BCUT2D eigenvalue weighted by Crippen LogP contribution is 2.26. The molecule has 58 valence electrons. The molecule has 0 saturated carbocycles. The van der Waals surface area contributed by atoms with E-state index in [0.717, 1.165) is 10.9 Å². The van der Waals surface area contributed by atoms with Gasteiger partial charge < -0.3 is 4.90 Å². The third-order valence-electron chi connectivity index (χ3n) is 1.81. The summed E-state index contributed by atoms with van der Waals surface area (Å²) in [7, 11) is 0. The Balaban J connectivity index is 2.34. The van der Waals surface area contributed by atoms with Gasteiger partial charge in [-0.05, 0) is 25.3 Å². The van der Waals surface area contributed by atoms with Crippen LogP contribution in [-0.4, -0.2) is 16.1 Å². The number of allylic oxidation sites excluding steroid dienone is 1. The van der Waals surface area contributed by atoms with E-state index in [0.29, 0.717) is 6.04 Å². The fourth-order valence-corrected chi connectivity index (χ4v) is 2.15. The summed E-state index contributed by atoms with van der Waals surface area (Å²) >= 11 is 1.69. The molecular weight excluding hydrogens is 156 g/mol. The zero-order valence-electron chi connectivity index (χ0n) is 6.61. The van der Waals surface area contributed by atoms with Gasteiger partial charge in [0.25, 0.3) is 0 Å². The SMILES string of the molecule is CC1=CC(C)N2C=CSC2=N1. The smallest absolute Gasteiger partial charge is 0.173 e. The zero-order valence-corrected chi connectivity index (χ0v) is 7.43. The maximum absolute atomic E-state index is 4.40. The number of rotatable bonds is 0. The molecule has 0 saturated heterocycles. The minimum absolute atomic E-state index is 0.466. The first-order valence-corrected chi connectivity index (χ1v) is 4.54. The third-order valence-corrected chi connectivity index (χ3v) is 2.58. The summed E-state index contributed by atoms with van der Waals surface area (Å²) in [5.74, 6) is 0. The maximum Gasteiger partial charge on any atom is 0.173 e. The summed E-state index contributed by atoms with van der Waals surface area (Å²) in [5.41, 5.74) is 1.12. The summed E-state index contributed by atoms with van der Waals surface area (Å²) < 4.78 is 0. The second kappa shape index (κ2) is 2.41. The molecular formula is C8H10N2S. The quantitative estimate of drug-likeness (QED) is 0.548. The average Bonchev–Trinajstić information content (AvgIpc) is 2.34. The summed E-state index contributed by atoms with van der Waals surface area (Å²) in [4.78, 5) is 6.58. The van der Waals surface area contributed by atoms with Crippen molar-refractivity contribution in [3.05, 3.63) is 23.4 Å². The van der Waals surface area contributed by atoms with Gasteiger partial charge in [-0.1, -0.05) is 11.8 Å². The summed E-state index contributed by atoms with van der Waals surface area (Å²) in [6, 6.07) is 0.466. The molecule has 3 heteroatoms. The molecule has 0 N–H and O–H groups in total. The highest BCUT2D eigenvalue weighted by molar-refractivity contribution is 8.16. The molecule has 2 heterocycles.